The number of benzene rings is 1. The molecule has 0 aliphatic carbocycles. The number of non-ortho nitro benzene ring substituents is 1. The van der Waals surface area contributed by atoms with Crippen molar-refractivity contribution < 1.29 is 17.9 Å². The number of hydrogen-bond acceptors (Lipinski definition) is 3. The molecule has 0 unspecified atom stereocenters. The number of nitrogens with two attached hydrogens (primary N) is 1. The van der Waals surface area contributed by atoms with Gasteiger partial charge >= 0.3 is 107 Å². The van der Waals surface area contributed by atoms with Crippen LogP contribution in [0.1, 0.15) is 0 Å². The topological polar surface area (TPSA) is 69.2 Å². The van der Waals surface area contributed by atoms with Crippen molar-refractivity contribution in [2.24, 2.45) is 0 Å². The van der Waals surface area contributed by atoms with Crippen LogP contribution in [0.2, 0.25) is 0 Å². The third-order valence-electron chi connectivity index (χ3n) is 1.47. The van der Waals surface area contributed by atoms with E-state index >= 15 is 0 Å². The first-order valence-corrected chi connectivity index (χ1v) is 5.33. The van der Waals surface area contributed by atoms with E-state index in [1.165, 1.54) is 12.1 Å². The van der Waals surface area contributed by atoms with Gasteiger partial charge in [-0.15, -0.1) is 0 Å². The number of nitrogens with zero attached hydrogens (tertiary/aromatic N) is 1. The molecule has 0 heterocycles. The molecule has 0 radical (unpaired) electrons. The zero-order chi connectivity index (χ0) is 12.0. The molecular weight excluding hydrogens is 239 g/mol. The maximum absolute atomic E-state index is 10.2. The van der Waals surface area contributed by atoms with Crippen LogP contribution in [0.25, 0.3) is 0 Å². The molecule has 76 valence electrons. The first-order valence-electron chi connectivity index (χ1n) is 3.77. The van der Waals surface area contributed by atoms with Crippen LogP contribution in [-0.4, -0.2) is 61.4 Å². The van der Waals surface area contributed by atoms with Gasteiger partial charge in [-0.2, -0.15) is 0 Å². The summed E-state index contributed by atoms with van der Waals surface area (Å²) >= 11 is 0.478. The molecular formula is C6H5BF3KN2O2. The van der Waals surface area contributed by atoms with Crippen LogP contribution in [0.5, 0.6) is 0 Å². The van der Waals surface area contributed by atoms with Gasteiger partial charge < -0.3 is 0 Å². The van der Waals surface area contributed by atoms with Crippen molar-refractivity contribution in [2.45, 2.75) is 0 Å². The number of nitro benzene ring substituents is 1. The average Bonchev–Trinajstić information content (AvgIpc) is 2.08. The van der Waals surface area contributed by atoms with Crippen LogP contribution in [0, 0.1) is 10.1 Å². The molecule has 0 aliphatic rings. The molecule has 1 rings (SSSR count). The summed E-state index contributed by atoms with van der Waals surface area (Å²) < 4.78 is 30.0. The van der Waals surface area contributed by atoms with E-state index in [-0.39, 0.29) is 5.69 Å². The van der Waals surface area contributed by atoms with Crippen LogP contribution in [-0.2, 0) is 0 Å². The summed E-state index contributed by atoms with van der Waals surface area (Å²) in [6.45, 7) is 0. The summed E-state index contributed by atoms with van der Waals surface area (Å²) in [6, 6.07) is 4.60. The predicted molar refractivity (Wildman–Crippen MR) is 52.0 cm³/mol. The zero-order valence-corrected chi connectivity index (χ0v) is 10.9. The molecule has 0 atom stereocenters. The van der Waals surface area contributed by atoms with E-state index in [1.54, 1.807) is 6.07 Å². The minimum atomic E-state index is -3.67. The fourth-order valence-corrected chi connectivity index (χ4v) is 1.23. The molecule has 2 N–H and O–H groups in total. The van der Waals surface area contributed by atoms with E-state index in [2.05, 4.69) is 0 Å². The van der Waals surface area contributed by atoms with Gasteiger partial charge in [-0.05, 0) is 0 Å². The van der Waals surface area contributed by atoms with Crippen molar-refractivity contribution in [1.82, 2.24) is 0 Å². The van der Waals surface area contributed by atoms with E-state index in [4.69, 9.17) is 5.73 Å². The van der Waals surface area contributed by atoms with Gasteiger partial charge in [-0.3, -0.25) is 12.9 Å². The van der Waals surface area contributed by atoms with E-state index < -0.39 is 12.5 Å². The molecule has 1 aromatic rings. The number of nitrogen functional groups attached to an aromatic ring is 1. The van der Waals surface area contributed by atoms with Gasteiger partial charge in [0.15, 0.2) is 0 Å². The van der Waals surface area contributed by atoms with Crippen molar-refractivity contribution in [3.05, 3.63) is 28.3 Å². The van der Waals surface area contributed by atoms with Gasteiger partial charge in [-0.25, -0.2) is 0 Å². The molecule has 0 amide bonds. The number of anilines is 1. The average molecular weight is 244 g/mol. The monoisotopic (exact) mass is 244 g/mol. The van der Waals surface area contributed by atoms with Crippen LogP contribution in [0.3, 0.4) is 0 Å². The van der Waals surface area contributed by atoms with Crippen LogP contribution in [0.4, 0.5) is 24.3 Å². The first kappa shape index (κ1) is 14.9. The van der Waals surface area contributed by atoms with Crippen molar-refractivity contribution in [3.63, 3.8) is 0 Å². The second kappa shape index (κ2) is 7.23. The Balaban J connectivity index is 0.000000423. The zero-order valence-electron chi connectivity index (χ0n) is 7.78. The van der Waals surface area contributed by atoms with Gasteiger partial charge in [0.05, 0.1) is 0 Å². The molecule has 0 aliphatic heterocycles. The normalized spacial score (nSPS) is 8.87. The summed E-state index contributed by atoms with van der Waals surface area (Å²) in [4.78, 5) is 9.79. The van der Waals surface area contributed by atoms with Gasteiger partial charge in [-0.1, -0.05) is 0 Å². The van der Waals surface area contributed by atoms with E-state index in [1.807, 2.05) is 0 Å². The number of nitro groups is 1. The van der Waals surface area contributed by atoms with Gasteiger partial charge in [0.2, 0.25) is 0 Å². The number of rotatable bonds is 1. The molecule has 0 fully saturated rings. The number of halogens is 3. The third-order valence-corrected chi connectivity index (χ3v) is 2.90. The summed E-state index contributed by atoms with van der Waals surface area (Å²) in [7, 11) is -3.67. The molecule has 0 saturated carbocycles. The van der Waals surface area contributed by atoms with Gasteiger partial charge in [0.25, 0.3) is 0 Å². The van der Waals surface area contributed by atoms with Crippen LogP contribution >= 0.6 is 0 Å². The standard InChI is InChI=1S/C6H5N2O2.BF3.K/c7-5-2-1-3-6(4-5)8(9)10;2-1(3)4;/h1,3-4H,7H2;;. The summed E-state index contributed by atoms with van der Waals surface area (Å²) in [5, 5.41) is 10.2. The quantitative estimate of drug-likeness (QED) is 0.344. The molecule has 0 aromatic heterocycles. The fraction of sp³-hybridized carbons (Fsp3) is 0. The Morgan fingerprint density at radius 2 is 1.87 bits per heavy atom. The van der Waals surface area contributed by atoms with Gasteiger partial charge in [0.1, 0.15) is 0 Å². The SMILES string of the molecule is FB(F)F.Nc1cc([N+](=O)[O-])cc[c]1[K]. The Kier molecular flexibility index (Phi) is 7.19. The summed E-state index contributed by atoms with van der Waals surface area (Å²) in [6.07, 6.45) is 0. The molecule has 0 spiro atoms. The second-order valence-electron chi connectivity index (χ2n) is 2.55. The second-order valence-corrected chi connectivity index (χ2v) is 4.23. The third kappa shape index (κ3) is 6.90. The molecule has 4 nitrogen and oxygen atoms in total. The Hall–Kier alpha value is -0.0887. The summed E-state index contributed by atoms with van der Waals surface area (Å²) in [5.74, 6) is 0. The Morgan fingerprint density at radius 1 is 1.40 bits per heavy atom. The Labute approximate surface area is 118 Å². The molecule has 0 saturated heterocycles. The van der Waals surface area contributed by atoms with Crippen LogP contribution in [0.15, 0.2) is 18.2 Å². The Bertz CT molecular complexity index is 350. The fourth-order valence-electron chi connectivity index (χ4n) is 0.741. The van der Waals surface area contributed by atoms with Gasteiger partial charge in [0, 0.05) is 0 Å². The van der Waals surface area contributed by atoms with Crippen molar-refractivity contribution in [2.75, 3.05) is 5.73 Å². The molecule has 1 aromatic carbocycles. The molecule has 15 heavy (non-hydrogen) atoms. The first-order chi connectivity index (χ1) is 6.84. The van der Waals surface area contributed by atoms with Crippen molar-refractivity contribution in [3.8, 4) is 0 Å². The Morgan fingerprint density at radius 3 is 2.20 bits per heavy atom. The van der Waals surface area contributed by atoms with E-state index in [0.717, 1.165) is -0.342 Å². The predicted octanol–water partition coefficient (Wildman–Crippen LogP) is 0.851. The van der Waals surface area contributed by atoms with E-state index in [9.17, 15) is 23.1 Å². The van der Waals surface area contributed by atoms with Crippen LogP contribution < -0.4 is 5.39 Å². The molecule has 0 bridgehead atoms. The maximum atomic E-state index is 10.2. The van der Waals surface area contributed by atoms with Crippen molar-refractivity contribution in [1.29, 1.82) is 0 Å². The van der Waals surface area contributed by atoms with E-state index in [0.29, 0.717) is 54.6 Å². The number of hydrogen-bond donors (Lipinski definition) is 1. The van der Waals surface area contributed by atoms with Crippen molar-refractivity contribution >= 4 is 67.5 Å². The molecule has 9 heteroatoms. The summed E-state index contributed by atoms with van der Waals surface area (Å²) in [5.41, 5.74) is 6.11. The minimum absolute atomic E-state index is 0.0653.